The quantitative estimate of drug-likeness (QED) is 0.407. The Balaban J connectivity index is 2.99. The van der Waals surface area contributed by atoms with Crippen LogP contribution in [0.3, 0.4) is 0 Å². The largest absolute Gasteiger partial charge is 0.463 e. The molecular weight excluding hydrogens is 406 g/mol. The number of carbonyl (C=O) groups excluding carboxylic acids is 3. The van der Waals surface area contributed by atoms with E-state index < -0.39 is 6.04 Å². The number of hydrogen-bond acceptors (Lipinski definition) is 5. The number of esters is 1. The molecular formula is C25H45N3O4. The molecule has 7 heteroatoms. The zero-order valence-electron chi connectivity index (χ0n) is 21.6. The summed E-state index contributed by atoms with van der Waals surface area (Å²) < 4.78 is 5.08. The number of likely N-dealkylation sites (tertiary alicyclic amines) is 1. The maximum absolute atomic E-state index is 13.5. The van der Waals surface area contributed by atoms with Gasteiger partial charge in [-0.2, -0.15) is 0 Å². The number of ether oxygens (including phenoxy) is 1. The third-order valence-electron chi connectivity index (χ3n) is 6.53. The van der Waals surface area contributed by atoms with Crippen LogP contribution in [0.4, 0.5) is 0 Å². The summed E-state index contributed by atoms with van der Waals surface area (Å²) in [5.74, 6) is 0.0468. The van der Waals surface area contributed by atoms with E-state index in [-0.39, 0.29) is 41.7 Å². The number of amides is 2. The molecule has 184 valence electrons. The van der Waals surface area contributed by atoms with Crippen molar-refractivity contribution in [1.82, 2.24) is 15.1 Å². The summed E-state index contributed by atoms with van der Waals surface area (Å²) in [5, 5.41) is 3.04. The van der Waals surface area contributed by atoms with E-state index in [1.54, 1.807) is 31.9 Å². The van der Waals surface area contributed by atoms with Crippen LogP contribution in [-0.2, 0) is 19.1 Å². The van der Waals surface area contributed by atoms with Crippen molar-refractivity contribution in [3.63, 3.8) is 0 Å². The number of piperidine rings is 1. The normalized spacial score (nSPS) is 21.9. The zero-order valence-corrected chi connectivity index (χ0v) is 21.6. The maximum atomic E-state index is 13.5. The molecule has 0 aliphatic carbocycles. The molecule has 1 N–H and O–H groups in total. The molecule has 0 spiro atoms. The van der Waals surface area contributed by atoms with Crippen molar-refractivity contribution < 1.29 is 19.1 Å². The van der Waals surface area contributed by atoms with Crippen molar-refractivity contribution in [1.29, 1.82) is 0 Å². The van der Waals surface area contributed by atoms with Crippen molar-refractivity contribution in [2.45, 2.75) is 85.9 Å². The van der Waals surface area contributed by atoms with E-state index in [1.165, 1.54) is 0 Å². The molecule has 1 heterocycles. The van der Waals surface area contributed by atoms with Crippen LogP contribution in [0.25, 0.3) is 0 Å². The molecule has 1 aliphatic rings. The van der Waals surface area contributed by atoms with Crippen LogP contribution in [0.2, 0.25) is 0 Å². The first-order valence-electron chi connectivity index (χ1n) is 12.1. The molecule has 0 aromatic rings. The Morgan fingerprint density at radius 3 is 2.22 bits per heavy atom. The summed E-state index contributed by atoms with van der Waals surface area (Å²) in [6.45, 7) is 14.8. The van der Waals surface area contributed by atoms with Gasteiger partial charge in [0.1, 0.15) is 6.04 Å². The fraction of sp³-hybridized carbons (Fsp3) is 0.800. The third-order valence-corrected chi connectivity index (χ3v) is 6.53. The molecule has 1 unspecified atom stereocenters. The lowest BCUT2D eigenvalue weighted by Crippen LogP contribution is -2.58. The highest BCUT2D eigenvalue weighted by molar-refractivity contribution is 5.91. The van der Waals surface area contributed by atoms with Crippen LogP contribution in [0, 0.1) is 17.8 Å². The molecule has 1 saturated heterocycles. The van der Waals surface area contributed by atoms with Gasteiger partial charge in [-0.15, -0.1) is 0 Å². The first-order valence-corrected chi connectivity index (χ1v) is 12.1. The Morgan fingerprint density at radius 2 is 1.75 bits per heavy atom. The number of carbonyl (C=O) groups is 3. The van der Waals surface area contributed by atoms with Crippen molar-refractivity contribution in [3.05, 3.63) is 11.6 Å². The van der Waals surface area contributed by atoms with Crippen LogP contribution < -0.4 is 5.32 Å². The molecule has 1 fully saturated rings. The minimum atomic E-state index is -0.623. The van der Waals surface area contributed by atoms with E-state index in [0.717, 1.165) is 25.8 Å². The summed E-state index contributed by atoms with van der Waals surface area (Å²) in [5.41, 5.74) is 0.477. The van der Waals surface area contributed by atoms with Gasteiger partial charge >= 0.3 is 5.97 Å². The minimum absolute atomic E-state index is 0.0610. The van der Waals surface area contributed by atoms with Crippen molar-refractivity contribution in [3.8, 4) is 0 Å². The molecule has 2 amide bonds. The van der Waals surface area contributed by atoms with Gasteiger partial charge in [0.15, 0.2) is 0 Å². The van der Waals surface area contributed by atoms with Crippen LogP contribution in [-0.4, -0.2) is 73.0 Å². The van der Waals surface area contributed by atoms with Gasteiger partial charge in [0.25, 0.3) is 0 Å². The topological polar surface area (TPSA) is 79.0 Å². The highest BCUT2D eigenvalue weighted by Gasteiger charge is 2.35. The van der Waals surface area contributed by atoms with Crippen LogP contribution in [0.15, 0.2) is 11.6 Å². The Hall–Kier alpha value is -1.89. The lowest BCUT2D eigenvalue weighted by molar-refractivity contribution is -0.140. The molecule has 0 aromatic heterocycles. The summed E-state index contributed by atoms with van der Waals surface area (Å²) in [7, 11) is 3.73. The average molecular weight is 452 g/mol. The predicted octanol–water partition coefficient (Wildman–Crippen LogP) is 3.24. The number of likely N-dealkylation sites (N-methyl/N-ethyl adjacent to an activating group) is 2. The van der Waals surface area contributed by atoms with E-state index in [9.17, 15) is 14.4 Å². The van der Waals surface area contributed by atoms with Gasteiger partial charge in [-0.1, -0.05) is 47.1 Å². The number of nitrogens with one attached hydrogen (secondary N) is 1. The van der Waals surface area contributed by atoms with E-state index in [2.05, 4.69) is 17.1 Å². The highest BCUT2D eigenvalue weighted by Crippen LogP contribution is 2.24. The van der Waals surface area contributed by atoms with E-state index in [4.69, 9.17) is 4.74 Å². The standard InChI is InChI=1S/C25H45N3O4/c1-10-19-12-13-20(27(8)15-19)23(29)26-22(17(5)6)24(30)28(9)21(16(3)4)14-18(7)25(31)32-11-2/h14,16-17,19-22H,10-13,15H2,1-9H3,(H,26,29)/t19?,20-,21-,22+/m1/s1. The summed E-state index contributed by atoms with van der Waals surface area (Å²) >= 11 is 0. The van der Waals surface area contributed by atoms with E-state index >= 15 is 0 Å². The Labute approximate surface area is 194 Å². The van der Waals surface area contributed by atoms with Gasteiger partial charge in [0, 0.05) is 19.2 Å². The second kappa shape index (κ2) is 13.0. The average Bonchev–Trinajstić information content (AvgIpc) is 2.73. The monoisotopic (exact) mass is 451 g/mol. The van der Waals surface area contributed by atoms with Crippen molar-refractivity contribution in [2.24, 2.45) is 17.8 Å². The Kier molecular flexibility index (Phi) is 11.4. The number of rotatable bonds is 10. The van der Waals surface area contributed by atoms with E-state index in [0.29, 0.717) is 18.1 Å². The molecule has 1 rings (SSSR count). The molecule has 1 aliphatic heterocycles. The minimum Gasteiger partial charge on any atom is -0.463 e. The zero-order chi connectivity index (χ0) is 24.6. The molecule has 32 heavy (non-hydrogen) atoms. The molecule has 7 nitrogen and oxygen atoms in total. The lowest BCUT2D eigenvalue weighted by Gasteiger charge is -2.38. The molecule has 0 aromatic carbocycles. The van der Waals surface area contributed by atoms with Gasteiger partial charge in [-0.25, -0.2) is 4.79 Å². The van der Waals surface area contributed by atoms with Crippen LogP contribution in [0.1, 0.15) is 67.7 Å². The second-order valence-corrected chi connectivity index (χ2v) is 9.79. The third kappa shape index (κ3) is 7.61. The van der Waals surface area contributed by atoms with E-state index in [1.807, 2.05) is 34.7 Å². The Morgan fingerprint density at radius 1 is 1.12 bits per heavy atom. The first-order chi connectivity index (χ1) is 14.9. The maximum Gasteiger partial charge on any atom is 0.333 e. The first kappa shape index (κ1) is 28.1. The predicted molar refractivity (Wildman–Crippen MR) is 128 cm³/mol. The van der Waals surface area contributed by atoms with Crippen molar-refractivity contribution in [2.75, 3.05) is 27.2 Å². The van der Waals surface area contributed by atoms with Gasteiger partial charge in [0.05, 0.1) is 18.7 Å². The SMILES string of the molecule is CCOC(=O)C(C)=C[C@H](C(C)C)N(C)C(=O)[C@@H](NC(=O)[C@H]1CCC(CC)CN1C)C(C)C. The fourth-order valence-corrected chi connectivity index (χ4v) is 4.35. The summed E-state index contributed by atoms with van der Waals surface area (Å²) in [6.07, 6.45) is 4.75. The summed E-state index contributed by atoms with van der Waals surface area (Å²) in [6, 6.07) is -1.11. The lowest BCUT2D eigenvalue weighted by atomic mass is 9.90. The van der Waals surface area contributed by atoms with Gasteiger partial charge in [0.2, 0.25) is 11.8 Å². The highest BCUT2D eigenvalue weighted by atomic mass is 16.5. The molecule has 4 atom stereocenters. The molecule has 0 radical (unpaired) electrons. The van der Waals surface area contributed by atoms with Crippen molar-refractivity contribution >= 4 is 17.8 Å². The van der Waals surface area contributed by atoms with Gasteiger partial charge in [-0.05, 0) is 51.5 Å². The number of hydrogen-bond donors (Lipinski definition) is 1. The van der Waals surface area contributed by atoms with Crippen LogP contribution in [0.5, 0.6) is 0 Å². The van der Waals surface area contributed by atoms with Gasteiger partial charge in [-0.3, -0.25) is 14.5 Å². The Bertz CT molecular complexity index is 674. The number of nitrogens with zero attached hydrogens (tertiary/aromatic N) is 2. The van der Waals surface area contributed by atoms with Crippen LogP contribution >= 0.6 is 0 Å². The molecule has 0 saturated carbocycles. The van der Waals surface area contributed by atoms with Gasteiger partial charge < -0.3 is 15.0 Å². The second-order valence-electron chi connectivity index (χ2n) is 9.79. The fourth-order valence-electron chi connectivity index (χ4n) is 4.35. The smallest absolute Gasteiger partial charge is 0.333 e. The summed E-state index contributed by atoms with van der Waals surface area (Å²) in [4.78, 5) is 42.4. The molecule has 0 bridgehead atoms.